The summed E-state index contributed by atoms with van der Waals surface area (Å²) < 4.78 is 16.0. The Morgan fingerprint density at radius 2 is 2.12 bits per heavy atom. The van der Waals surface area contributed by atoms with Crippen LogP contribution in [0.4, 0.5) is 21.7 Å². The third-order valence-electron chi connectivity index (χ3n) is 4.63. The van der Waals surface area contributed by atoms with E-state index in [0.29, 0.717) is 16.9 Å². The van der Waals surface area contributed by atoms with E-state index in [1.807, 2.05) is 12.1 Å². The Morgan fingerprint density at radius 1 is 1.28 bits per heavy atom. The molecule has 25 heavy (non-hydrogen) atoms. The van der Waals surface area contributed by atoms with Crippen molar-refractivity contribution in [3.63, 3.8) is 0 Å². The summed E-state index contributed by atoms with van der Waals surface area (Å²) in [6.45, 7) is 1.59. The summed E-state index contributed by atoms with van der Waals surface area (Å²) in [6.07, 6.45) is 3.15. The van der Waals surface area contributed by atoms with Crippen LogP contribution in [0, 0.1) is 5.82 Å². The minimum absolute atomic E-state index is 0.136. The minimum Gasteiger partial charge on any atom is -0.431 e. The fourth-order valence-corrected chi connectivity index (χ4v) is 3.43. The van der Waals surface area contributed by atoms with Gasteiger partial charge in [0.1, 0.15) is 0 Å². The van der Waals surface area contributed by atoms with Gasteiger partial charge in [0.15, 0.2) is 23.1 Å². The second-order valence-electron chi connectivity index (χ2n) is 6.29. The van der Waals surface area contributed by atoms with Crippen LogP contribution in [0.1, 0.15) is 17.5 Å². The molecule has 3 N–H and O–H groups in total. The molecule has 3 aromatic rings. The first-order valence-corrected chi connectivity index (χ1v) is 8.41. The molecule has 0 saturated carbocycles. The number of anilines is 3. The van der Waals surface area contributed by atoms with Gasteiger partial charge in [-0.2, -0.15) is 5.10 Å². The van der Waals surface area contributed by atoms with Crippen LogP contribution in [0.2, 0.25) is 6.82 Å². The maximum Gasteiger partial charge on any atom is 0.433 e. The van der Waals surface area contributed by atoms with E-state index in [-0.39, 0.29) is 5.82 Å². The summed E-state index contributed by atoms with van der Waals surface area (Å²) in [6, 6.07) is 7.43. The maximum absolute atomic E-state index is 14.6. The zero-order valence-electron chi connectivity index (χ0n) is 14.2. The maximum atomic E-state index is 14.6. The smallest absolute Gasteiger partial charge is 0.431 e. The number of benzene rings is 1. The number of halogens is 1. The van der Waals surface area contributed by atoms with Gasteiger partial charge in [0, 0.05) is 12.7 Å². The van der Waals surface area contributed by atoms with Crippen LogP contribution in [0.25, 0.3) is 11.0 Å². The Labute approximate surface area is 145 Å². The predicted molar refractivity (Wildman–Crippen MR) is 98.0 cm³/mol. The molecule has 0 radical (unpaired) electrons. The van der Waals surface area contributed by atoms with Crippen molar-refractivity contribution in [3.8, 4) is 0 Å². The van der Waals surface area contributed by atoms with Gasteiger partial charge in [-0.3, -0.25) is 4.59 Å². The first-order chi connectivity index (χ1) is 12.1. The number of aryl methyl sites for hydroxylation is 1. The van der Waals surface area contributed by atoms with Crippen molar-refractivity contribution < 1.29 is 9.41 Å². The molecule has 0 saturated heterocycles. The minimum atomic E-state index is -0.864. The van der Waals surface area contributed by atoms with Gasteiger partial charge in [0.25, 0.3) is 0 Å². The molecule has 0 amide bonds. The molecule has 0 atom stereocenters. The summed E-state index contributed by atoms with van der Waals surface area (Å²) in [5, 5.41) is 20.7. The lowest BCUT2D eigenvalue weighted by Crippen LogP contribution is -2.21. The fourth-order valence-electron chi connectivity index (χ4n) is 3.43. The lowest BCUT2D eigenvalue weighted by molar-refractivity contribution is 0.554. The number of nitrogens with one attached hydrogen (secondary N) is 2. The highest BCUT2D eigenvalue weighted by atomic mass is 19.1. The molecule has 6 nitrogen and oxygen atoms in total. The van der Waals surface area contributed by atoms with E-state index in [2.05, 4.69) is 26.8 Å². The van der Waals surface area contributed by atoms with E-state index in [9.17, 15) is 9.41 Å². The molecule has 0 aliphatic heterocycles. The fraction of sp³-hybridized carbons (Fsp3) is 0.294. The summed E-state index contributed by atoms with van der Waals surface area (Å²) in [5.41, 5.74) is 3.84. The average Bonchev–Trinajstić information content (AvgIpc) is 3.20. The Bertz CT molecular complexity index is 956. The second-order valence-corrected chi connectivity index (χ2v) is 6.29. The van der Waals surface area contributed by atoms with E-state index in [1.165, 1.54) is 21.8 Å². The zero-order valence-corrected chi connectivity index (χ0v) is 14.2. The molecule has 1 aromatic carbocycles. The van der Waals surface area contributed by atoms with Crippen molar-refractivity contribution in [2.24, 2.45) is 0 Å². The SMILES string of the molecule is CNc1nn(B(C)O)c2nc(Nc3cccc4c3CCC4)c(F)cc12. The van der Waals surface area contributed by atoms with Gasteiger partial charge < -0.3 is 15.7 Å². The van der Waals surface area contributed by atoms with Crippen LogP contribution in [0.3, 0.4) is 0 Å². The van der Waals surface area contributed by atoms with Crippen LogP contribution in [-0.2, 0) is 12.8 Å². The zero-order chi connectivity index (χ0) is 17.6. The van der Waals surface area contributed by atoms with E-state index in [4.69, 9.17) is 0 Å². The normalized spacial score (nSPS) is 13.1. The first kappa shape index (κ1) is 15.9. The van der Waals surface area contributed by atoms with Gasteiger partial charge in [-0.25, -0.2) is 9.37 Å². The van der Waals surface area contributed by atoms with Crippen molar-refractivity contribution >= 4 is 35.4 Å². The van der Waals surface area contributed by atoms with Crippen molar-refractivity contribution in [1.29, 1.82) is 0 Å². The summed E-state index contributed by atoms with van der Waals surface area (Å²) in [7, 11) is 0.835. The molecule has 2 aromatic heterocycles. The molecule has 1 aliphatic rings. The van der Waals surface area contributed by atoms with Crippen LogP contribution < -0.4 is 10.6 Å². The van der Waals surface area contributed by atoms with Crippen molar-refractivity contribution in [1.82, 2.24) is 14.7 Å². The van der Waals surface area contributed by atoms with Gasteiger partial charge >= 0.3 is 7.05 Å². The van der Waals surface area contributed by atoms with Crippen molar-refractivity contribution in [2.75, 3.05) is 17.7 Å². The Balaban J connectivity index is 1.82. The molecule has 1 aliphatic carbocycles. The van der Waals surface area contributed by atoms with Gasteiger partial charge in [-0.1, -0.05) is 12.1 Å². The number of fused-ring (bicyclic) bond motifs is 2. The largest absolute Gasteiger partial charge is 0.433 e. The van der Waals surface area contributed by atoms with Crippen LogP contribution in [0.5, 0.6) is 0 Å². The van der Waals surface area contributed by atoms with Gasteiger partial charge in [-0.05, 0) is 49.3 Å². The molecule has 4 rings (SSSR count). The van der Waals surface area contributed by atoms with Crippen LogP contribution >= 0.6 is 0 Å². The van der Waals surface area contributed by atoms with Gasteiger partial charge in [-0.15, -0.1) is 0 Å². The Hall–Kier alpha value is -2.61. The molecule has 8 heteroatoms. The van der Waals surface area contributed by atoms with Crippen LogP contribution in [-0.4, -0.2) is 33.8 Å². The number of rotatable bonds is 4. The predicted octanol–water partition coefficient (Wildman–Crippen LogP) is 2.80. The molecule has 2 heterocycles. The molecule has 0 unspecified atom stereocenters. The molecule has 0 fully saturated rings. The summed E-state index contributed by atoms with van der Waals surface area (Å²) in [5.74, 6) is 0.163. The number of pyridine rings is 1. The van der Waals surface area contributed by atoms with Gasteiger partial charge in [0.05, 0.1) is 5.39 Å². The highest BCUT2D eigenvalue weighted by Gasteiger charge is 2.21. The Kier molecular flexibility index (Phi) is 3.84. The first-order valence-electron chi connectivity index (χ1n) is 8.41. The topological polar surface area (TPSA) is 75.0 Å². The van der Waals surface area contributed by atoms with Crippen molar-refractivity contribution in [3.05, 3.63) is 41.2 Å². The van der Waals surface area contributed by atoms with E-state index in [0.717, 1.165) is 24.9 Å². The number of hydrogen-bond donors (Lipinski definition) is 3. The average molecular weight is 339 g/mol. The highest BCUT2D eigenvalue weighted by molar-refractivity contribution is 6.47. The summed E-state index contributed by atoms with van der Waals surface area (Å²) in [4.78, 5) is 4.40. The quantitative estimate of drug-likeness (QED) is 0.638. The number of aromatic nitrogens is 3. The number of hydrogen-bond acceptors (Lipinski definition) is 5. The van der Waals surface area contributed by atoms with E-state index < -0.39 is 12.9 Å². The Morgan fingerprint density at radius 3 is 2.88 bits per heavy atom. The van der Waals surface area contributed by atoms with E-state index in [1.54, 1.807) is 13.9 Å². The standard InChI is InChI=1S/C17H19BFN5O/c1-18(25)24-17-12(15(20-2)23-24)9-13(19)16(22-17)21-14-8-4-6-10-5-3-7-11(10)14/h4,6,8-9,25H,3,5,7H2,1-2H3,(H,20,23)(H,21,22). The highest BCUT2D eigenvalue weighted by Crippen LogP contribution is 2.32. The van der Waals surface area contributed by atoms with Crippen molar-refractivity contribution in [2.45, 2.75) is 26.1 Å². The summed E-state index contributed by atoms with van der Waals surface area (Å²) >= 11 is 0. The third-order valence-corrected chi connectivity index (χ3v) is 4.63. The van der Waals surface area contributed by atoms with Gasteiger partial charge in [0.2, 0.25) is 0 Å². The monoisotopic (exact) mass is 339 g/mol. The number of nitrogens with zero attached hydrogens (tertiary/aromatic N) is 3. The lowest BCUT2D eigenvalue weighted by Gasteiger charge is -2.12. The van der Waals surface area contributed by atoms with E-state index >= 15 is 0 Å². The molecule has 128 valence electrons. The molecular weight excluding hydrogens is 320 g/mol. The molecule has 0 spiro atoms. The third kappa shape index (κ3) is 2.62. The second kappa shape index (κ2) is 6.04. The lowest BCUT2D eigenvalue weighted by atomic mass is 9.89. The molecule has 0 bridgehead atoms. The molecular formula is C17H19BFN5O. The van der Waals surface area contributed by atoms with Crippen LogP contribution in [0.15, 0.2) is 24.3 Å².